The van der Waals surface area contributed by atoms with Crippen LogP contribution in [-0.2, 0) is 6.42 Å². The third-order valence-electron chi connectivity index (χ3n) is 5.38. The van der Waals surface area contributed by atoms with Crippen molar-refractivity contribution in [3.8, 4) is 22.4 Å². The van der Waals surface area contributed by atoms with Gasteiger partial charge in [-0.3, -0.25) is 10.1 Å². The second kappa shape index (κ2) is 8.50. The predicted molar refractivity (Wildman–Crippen MR) is 126 cm³/mol. The van der Waals surface area contributed by atoms with E-state index in [0.717, 1.165) is 51.0 Å². The van der Waals surface area contributed by atoms with E-state index >= 15 is 0 Å². The number of pyridine rings is 1. The summed E-state index contributed by atoms with van der Waals surface area (Å²) in [7, 11) is 0. The Morgan fingerprint density at radius 2 is 1.73 bits per heavy atom. The van der Waals surface area contributed by atoms with Crippen LogP contribution in [0.2, 0.25) is 5.02 Å². The molecule has 2 heterocycles. The van der Waals surface area contributed by atoms with Crippen LogP contribution in [0.5, 0.6) is 0 Å². The molecule has 1 aliphatic carbocycles. The summed E-state index contributed by atoms with van der Waals surface area (Å²) in [5.41, 5.74) is 8.57. The Morgan fingerprint density at radius 1 is 0.933 bits per heavy atom. The molecule has 0 saturated carbocycles. The number of hydrogen-bond donors (Lipinski definition) is 1. The molecule has 1 N–H and O–H groups in total. The van der Waals surface area contributed by atoms with Gasteiger partial charge in [-0.25, -0.2) is 0 Å². The molecule has 5 rings (SSSR count). The first-order valence-corrected chi connectivity index (χ1v) is 11.3. The first kappa shape index (κ1) is 19.2. The van der Waals surface area contributed by atoms with Crippen LogP contribution < -0.4 is 0 Å². The summed E-state index contributed by atoms with van der Waals surface area (Å²) in [6.07, 6.45) is 8.08. The number of halogens is 1. The minimum Gasteiger partial charge on any atom is -0.276 e. The van der Waals surface area contributed by atoms with E-state index in [-0.39, 0.29) is 0 Å². The number of benzene rings is 2. The maximum absolute atomic E-state index is 6.08. The van der Waals surface area contributed by atoms with E-state index < -0.39 is 0 Å². The van der Waals surface area contributed by atoms with Crippen LogP contribution >= 0.6 is 23.4 Å². The molecule has 0 saturated heterocycles. The number of rotatable bonds is 6. The van der Waals surface area contributed by atoms with Gasteiger partial charge in [0, 0.05) is 34.3 Å². The lowest BCUT2D eigenvalue weighted by Gasteiger charge is -2.08. The van der Waals surface area contributed by atoms with Crippen molar-refractivity contribution in [2.24, 2.45) is 0 Å². The quantitative estimate of drug-likeness (QED) is 0.338. The number of fused-ring (bicyclic) bond motifs is 1. The molecular weight excluding hydrogens is 410 g/mol. The highest BCUT2D eigenvalue weighted by atomic mass is 35.5. The van der Waals surface area contributed by atoms with Crippen molar-refractivity contribution in [3.05, 3.63) is 95.3 Å². The van der Waals surface area contributed by atoms with Crippen molar-refractivity contribution in [2.75, 3.05) is 5.75 Å². The van der Waals surface area contributed by atoms with Gasteiger partial charge in [0.05, 0.1) is 5.69 Å². The largest absolute Gasteiger partial charge is 0.276 e. The summed E-state index contributed by atoms with van der Waals surface area (Å²) in [6.45, 7) is 0. The molecule has 3 nitrogen and oxygen atoms in total. The zero-order chi connectivity index (χ0) is 20.3. The lowest BCUT2D eigenvalue weighted by atomic mass is 10.0. The SMILES string of the molecule is Clc1ccc(-c2[nH]nc(SCCC3=CCc4ccccc43)c2-c2ccncc2)cc1. The molecule has 5 heteroatoms. The molecule has 0 aliphatic heterocycles. The summed E-state index contributed by atoms with van der Waals surface area (Å²) in [6, 6.07) is 20.6. The van der Waals surface area contributed by atoms with Crippen molar-refractivity contribution >= 4 is 28.9 Å². The monoisotopic (exact) mass is 429 g/mol. The van der Waals surface area contributed by atoms with Gasteiger partial charge in [-0.1, -0.05) is 54.1 Å². The van der Waals surface area contributed by atoms with Gasteiger partial charge in [0.25, 0.3) is 0 Å². The number of aromatic nitrogens is 3. The summed E-state index contributed by atoms with van der Waals surface area (Å²) in [5.74, 6) is 0.975. The molecule has 1 aliphatic rings. The molecule has 0 atom stereocenters. The van der Waals surface area contributed by atoms with E-state index in [1.165, 1.54) is 16.7 Å². The van der Waals surface area contributed by atoms with Gasteiger partial charge in [0.2, 0.25) is 0 Å². The van der Waals surface area contributed by atoms with Crippen molar-refractivity contribution < 1.29 is 0 Å². The number of allylic oxidation sites excluding steroid dienone is 2. The van der Waals surface area contributed by atoms with Gasteiger partial charge in [-0.2, -0.15) is 5.10 Å². The fraction of sp³-hybridized carbons (Fsp3) is 0.120. The van der Waals surface area contributed by atoms with E-state index in [0.29, 0.717) is 0 Å². The van der Waals surface area contributed by atoms with Crippen LogP contribution in [0, 0.1) is 0 Å². The second-order valence-electron chi connectivity index (χ2n) is 7.21. The van der Waals surface area contributed by atoms with E-state index in [9.17, 15) is 0 Å². The molecule has 0 amide bonds. The third kappa shape index (κ3) is 3.81. The van der Waals surface area contributed by atoms with E-state index in [1.807, 2.05) is 48.8 Å². The molecule has 0 radical (unpaired) electrons. The van der Waals surface area contributed by atoms with Crippen LogP contribution in [0.3, 0.4) is 0 Å². The Bertz CT molecular complexity index is 1200. The molecule has 2 aromatic carbocycles. The number of nitrogens with zero attached hydrogens (tertiary/aromatic N) is 2. The van der Waals surface area contributed by atoms with E-state index in [2.05, 4.69) is 45.5 Å². The lowest BCUT2D eigenvalue weighted by molar-refractivity contribution is 1.01. The summed E-state index contributed by atoms with van der Waals surface area (Å²) < 4.78 is 0. The fourth-order valence-electron chi connectivity index (χ4n) is 3.89. The highest BCUT2D eigenvalue weighted by Crippen LogP contribution is 2.39. The zero-order valence-electron chi connectivity index (χ0n) is 16.3. The minimum atomic E-state index is 0.725. The Morgan fingerprint density at radius 3 is 2.57 bits per heavy atom. The highest BCUT2D eigenvalue weighted by molar-refractivity contribution is 7.99. The maximum Gasteiger partial charge on any atom is 0.126 e. The predicted octanol–water partition coefficient (Wildman–Crippen LogP) is 6.91. The molecule has 148 valence electrons. The first-order valence-electron chi connectivity index (χ1n) is 9.94. The number of nitrogens with one attached hydrogen (secondary N) is 1. The Hall–Kier alpha value is -2.82. The molecule has 0 fully saturated rings. The van der Waals surface area contributed by atoms with Crippen molar-refractivity contribution in [2.45, 2.75) is 17.9 Å². The van der Waals surface area contributed by atoms with Crippen LogP contribution in [0.25, 0.3) is 28.0 Å². The van der Waals surface area contributed by atoms with Crippen LogP contribution in [0.1, 0.15) is 17.5 Å². The zero-order valence-corrected chi connectivity index (χ0v) is 17.9. The summed E-state index contributed by atoms with van der Waals surface area (Å²) in [5, 5.41) is 9.66. The van der Waals surface area contributed by atoms with E-state index in [1.54, 1.807) is 11.8 Å². The fourth-order valence-corrected chi connectivity index (χ4v) is 5.01. The van der Waals surface area contributed by atoms with Crippen molar-refractivity contribution in [1.82, 2.24) is 15.2 Å². The van der Waals surface area contributed by atoms with Crippen molar-refractivity contribution in [1.29, 1.82) is 0 Å². The van der Waals surface area contributed by atoms with Gasteiger partial charge in [-0.15, -0.1) is 11.8 Å². The maximum atomic E-state index is 6.08. The second-order valence-corrected chi connectivity index (χ2v) is 8.73. The Labute approximate surface area is 185 Å². The Kier molecular flexibility index (Phi) is 5.43. The summed E-state index contributed by atoms with van der Waals surface area (Å²) in [4.78, 5) is 4.17. The average molecular weight is 430 g/mol. The minimum absolute atomic E-state index is 0.725. The first-order chi connectivity index (χ1) is 14.8. The molecule has 4 aromatic rings. The number of aromatic amines is 1. The number of hydrogen-bond acceptors (Lipinski definition) is 3. The molecular formula is C25H20ClN3S. The van der Waals surface area contributed by atoms with Gasteiger partial charge >= 0.3 is 0 Å². The Balaban J connectivity index is 1.41. The van der Waals surface area contributed by atoms with Gasteiger partial charge < -0.3 is 0 Å². The number of H-pyrrole nitrogens is 1. The molecule has 0 spiro atoms. The van der Waals surface area contributed by atoms with Crippen LogP contribution in [-0.4, -0.2) is 20.9 Å². The van der Waals surface area contributed by atoms with Gasteiger partial charge in [0.1, 0.15) is 5.03 Å². The van der Waals surface area contributed by atoms with E-state index in [4.69, 9.17) is 11.6 Å². The molecule has 0 unspecified atom stereocenters. The van der Waals surface area contributed by atoms with Gasteiger partial charge in [-0.05, 0) is 59.4 Å². The third-order valence-corrected chi connectivity index (χ3v) is 6.61. The van der Waals surface area contributed by atoms with Crippen LogP contribution in [0.15, 0.2) is 84.2 Å². The normalized spacial score (nSPS) is 12.6. The standard InChI is InChI=1S/C25H20ClN3S/c26-21-9-7-20(8-10-21)24-23(19-11-14-27-15-12-19)25(29-28-24)30-16-13-18-6-5-17-3-1-2-4-22(17)18/h1-4,6-12,14-15H,5,13,16H2,(H,28,29). The molecule has 30 heavy (non-hydrogen) atoms. The lowest BCUT2D eigenvalue weighted by Crippen LogP contribution is -1.88. The van der Waals surface area contributed by atoms with Crippen molar-refractivity contribution in [3.63, 3.8) is 0 Å². The highest BCUT2D eigenvalue weighted by Gasteiger charge is 2.18. The van der Waals surface area contributed by atoms with Gasteiger partial charge in [0.15, 0.2) is 0 Å². The number of thioether (sulfide) groups is 1. The topological polar surface area (TPSA) is 41.6 Å². The molecule has 0 bridgehead atoms. The summed E-state index contributed by atoms with van der Waals surface area (Å²) >= 11 is 7.88. The molecule has 2 aromatic heterocycles. The smallest absolute Gasteiger partial charge is 0.126 e. The average Bonchev–Trinajstić information content (AvgIpc) is 3.40. The van der Waals surface area contributed by atoms with Crippen LogP contribution in [0.4, 0.5) is 0 Å².